The Kier molecular flexibility index (Phi) is 6.57. The second-order valence-corrected chi connectivity index (χ2v) is 6.85. The van der Waals surface area contributed by atoms with Crippen LogP contribution in [0.4, 0.5) is 0 Å². The number of carbonyl (C=O) groups excluding carboxylic acids is 1. The van der Waals surface area contributed by atoms with E-state index in [0.717, 1.165) is 38.9 Å². The Labute approximate surface area is 144 Å². The Balaban J connectivity index is 1.90. The van der Waals surface area contributed by atoms with E-state index >= 15 is 0 Å². The summed E-state index contributed by atoms with van der Waals surface area (Å²) < 4.78 is 11.6. The molecule has 2 heterocycles. The van der Waals surface area contributed by atoms with Crippen molar-refractivity contribution in [2.75, 3.05) is 33.8 Å². The lowest BCUT2D eigenvalue weighted by atomic mass is 10.0. The average Bonchev–Trinajstić information content (AvgIpc) is 2.60. The van der Waals surface area contributed by atoms with E-state index in [2.05, 4.69) is 29.0 Å². The van der Waals surface area contributed by atoms with Gasteiger partial charge in [-0.2, -0.15) is 0 Å². The largest absolute Gasteiger partial charge is 0.489 e. The number of carbonyl (C=O) groups is 1. The van der Waals surface area contributed by atoms with Crippen molar-refractivity contribution in [1.29, 1.82) is 0 Å². The number of likely N-dealkylation sites (tertiary alicyclic amines) is 1. The van der Waals surface area contributed by atoms with Crippen molar-refractivity contribution in [3.8, 4) is 5.75 Å². The van der Waals surface area contributed by atoms with Crippen LogP contribution in [0.1, 0.15) is 43.6 Å². The summed E-state index contributed by atoms with van der Waals surface area (Å²) in [7, 11) is 3.35. The van der Waals surface area contributed by atoms with Gasteiger partial charge in [-0.25, -0.2) is 0 Å². The first-order valence-corrected chi connectivity index (χ1v) is 8.56. The van der Waals surface area contributed by atoms with E-state index < -0.39 is 0 Å². The zero-order valence-corrected chi connectivity index (χ0v) is 15.2. The van der Waals surface area contributed by atoms with Crippen LogP contribution in [0.2, 0.25) is 0 Å². The summed E-state index contributed by atoms with van der Waals surface area (Å²) in [5, 5.41) is 2.58. The normalized spacial score (nSPS) is 19.1. The summed E-state index contributed by atoms with van der Waals surface area (Å²) in [6.07, 6.45) is 4.89. The van der Waals surface area contributed by atoms with Gasteiger partial charge >= 0.3 is 0 Å². The van der Waals surface area contributed by atoms with Crippen molar-refractivity contribution in [2.24, 2.45) is 0 Å². The zero-order valence-electron chi connectivity index (χ0n) is 15.2. The molecule has 0 spiro atoms. The van der Waals surface area contributed by atoms with E-state index in [9.17, 15) is 4.79 Å². The number of ether oxygens (including phenoxy) is 2. The van der Waals surface area contributed by atoms with E-state index in [4.69, 9.17) is 9.47 Å². The second-order valence-electron chi connectivity index (χ2n) is 6.85. The van der Waals surface area contributed by atoms with Gasteiger partial charge in [0.25, 0.3) is 5.91 Å². The molecule has 0 radical (unpaired) electrons. The highest BCUT2D eigenvalue weighted by Gasteiger charge is 2.24. The summed E-state index contributed by atoms with van der Waals surface area (Å²) in [5.74, 6) is 0.500. The molecular formula is C18H29N3O3. The number of methoxy groups -OCH3 is 1. The first kappa shape index (κ1) is 18.7. The average molecular weight is 335 g/mol. The zero-order chi connectivity index (χ0) is 17.6. The maximum Gasteiger partial charge on any atom is 0.269 e. The molecule has 2 rings (SSSR count). The SMILES string of the molecule is CNC(=O)c1cc(O[C@H]2CCCN(CCC(C)(C)OC)C2)ccn1. The molecule has 0 aromatic carbocycles. The van der Waals surface area contributed by atoms with Gasteiger partial charge in [0.1, 0.15) is 17.5 Å². The lowest BCUT2D eigenvalue weighted by molar-refractivity contribution is 0.000207. The van der Waals surface area contributed by atoms with Crippen molar-refractivity contribution in [3.63, 3.8) is 0 Å². The van der Waals surface area contributed by atoms with E-state index in [-0.39, 0.29) is 17.6 Å². The first-order valence-electron chi connectivity index (χ1n) is 8.56. The highest BCUT2D eigenvalue weighted by atomic mass is 16.5. The van der Waals surface area contributed by atoms with Crippen molar-refractivity contribution in [1.82, 2.24) is 15.2 Å². The van der Waals surface area contributed by atoms with Crippen molar-refractivity contribution in [2.45, 2.75) is 44.8 Å². The third kappa shape index (κ3) is 5.46. The van der Waals surface area contributed by atoms with E-state index in [1.54, 1.807) is 32.5 Å². The fourth-order valence-electron chi connectivity index (χ4n) is 2.77. The smallest absolute Gasteiger partial charge is 0.269 e. The highest BCUT2D eigenvalue weighted by Crippen LogP contribution is 2.21. The Bertz CT molecular complexity index is 548. The van der Waals surface area contributed by atoms with Gasteiger partial charge in [-0.15, -0.1) is 0 Å². The number of piperidine rings is 1. The molecule has 1 aliphatic rings. The molecule has 0 aliphatic carbocycles. The van der Waals surface area contributed by atoms with Crippen LogP contribution in [0.5, 0.6) is 5.75 Å². The lowest BCUT2D eigenvalue weighted by Gasteiger charge is -2.34. The topological polar surface area (TPSA) is 63.7 Å². The Hall–Kier alpha value is -1.66. The minimum atomic E-state index is -0.201. The predicted molar refractivity (Wildman–Crippen MR) is 93.4 cm³/mol. The van der Waals surface area contributed by atoms with Gasteiger partial charge in [0.15, 0.2) is 0 Å². The number of rotatable bonds is 7. The maximum atomic E-state index is 11.7. The van der Waals surface area contributed by atoms with Crippen LogP contribution in [0.25, 0.3) is 0 Å². The molecule has 0 unspecified atom stereocenters. The summed E-state index contributed by atoms with van der Waals surface area (Å²) in [5.41, 5.74) is 0.283. The molecule has 0 bridgehead atoms. The van der Waals surface area contributed by atoms with Gasteiger partial charge in [-0.1, -0.05) is 0 Å². The molecule has 1 saturated heterocycles. The van der Waals surface area contributed by atoms with Crippen molar-refractivity contribution >= 4 is 5.91 Å². The Morgan fingerprint density at radius 2 is 2.29 bits per heavy atom. The number of nitrogens with one attached hydrogen (secondary N) is 1. The monoisotopic (exact) mass is 335 g/mol. The third-order valence-electron chi connectivity index (χ3n) is 4.54. The number of aromatic nitrogens is 1. The molecule has 6 heteroatoms. The van der Waals surface area contributed by atoms with Gasteiger partial charge < -0.3 is 14.8 Å². The van der Waals surface area contributed by atoms with Gasteiger partial charge in [0.05, 0.1) is 5.60 Å². The summed E-state index contributed by atoms with van der Waals surface area (Å²) in [6, 6.07) is 3.51. The molecule has 1 N–H and O–H groups in total. The van der Waals surface area contributed by atoms with Crippen LogP contribution in [0.3, 0.4) is 0 Å². The molecule has 134 valence electrons. The van der Waals surface area contributed by atoms with Crippen LogP contribution in [-0.4, -0.2) is 61.3 Å². The Morgan fingerprint density at radius 1 is 1.50 bits per heavy atom. The van der Waals surface area contributed by atoms with E-state index in [0.29, 0.717) is 11.4 Å². The first-order chi connectivity index (χ1) is 11.4. The number of amides is 1. The molecule has 1 atom stereocenters. The molecule has 1 aromatic rings. The van der Waals surface area contributed by atoms with E-state index in [1.807, 2.05) is 0 Å². The lowest BCUT2D eigenvalue weighted by Crippen LogP contribution is -2.43. The quantitative estimate of drug-likeness (QED) is 0.827. The maximum absolute atomic E-state index is 11.7. The fourth-order valence-corrected chi connectivity index (χ4v) is 2.77. The molecule has 1 fully saturated rings. The van der Waals surface area contributed by atoms with Gasteiger partial charge in [0.2, 0.25) is 0 Å². The molecule has 6 nitrogen and oxygen atoms in total. The van der Waals surface area contributed by atoms with Crippen LogP contribution in [0.15, 0.2) is 18.3 Å². The number of nitrogens with zero attached hydrogens (tertiary/aromatic N) is 2. The molecule has 1 aliphatic heterocycles. The molecular weight excluding hydrogens is 306 g/mol. The fraction of sp³-hybridized carbons (Fsp3) is 0.667. The third-order valence-corrected chi connectivity index (χ3v) is 4.54. The predicted octanol–water partition coefficient (Wildman–Crippen LogP) is 2.10. The number of hydrogen-bond donors (Lipinski definition) is 1. The van der Waals surface area contributed by atoms with E-state index in [1.165, 1.54) is 0 Å². The van der Waals surface area contributed by atoms with Crippen LogP contribution < -0.4 is 10.1 Å². The van der Waals surface area contributed by atoms with Crippen LogP contribution in [-0.2, 0) is 4.74 Å². The molecule has 1 amide bonds. The van der Waals surface area contributed by atoms with Crippen molar-refractivity contribution in [3.05, 3.63) is 24.0 Å². The minimum absolute atomic E-state index is 0.0959. The Morgan fingerprint density at radius 3 is 3.00 bits per heavy atom. The van der Waals surface area contributed by atoms with Gasteiger partial charge in [-0.05, 0) is 45.7 Å². The second kappa shape index (κ2) is 8.44. The van der Waals surface area contributed by atoms with Crippen LogP contribution >= 0.6 is 0 Å². The minimum Gasteiger partial charge on any atom is -0.489 e. The van der Waals surface area contributed by atoms with Crippen molar-refractivity contribution < 1.29 is 14.3 Å². The highest BCUT2D eigenvalue weighted by molar-refractivity contribution is 5.92. The standard InChI is InChI=1S/C18H29N3O3/c1-18(2,23-4)8-11-21-10-5-6-15(13-21)24-14-7-9-20-16(12-14)17(22)19-3/h7,9,12,15H,5-6,8,10-11,13H2,1-4H3,(H,19,22)/t15-/m0/s1. The summed E-state index contributed by atoms with van der Waals surface area (Å²) >= 11 is 0. The molecule has 1 aromatic heterocycles. The summed E-state index contributed by atoms with van der Waals surface area (Å²) in [4.78, 5) is 18.2. The molecule has 0 saturated carbocycles. The van der Waals surface area contributed by atoms with Gasteiger partial charge in [0, 0.05) is 39.5 Å². The molecule has 24 heavy (non-hydrogen) atoms. The summed E-state index contributed by atoms with van der Waals surface area (Å²) in [6.45, 7) is 7.22. The number of pyridine rings is 1. The van der Waals surface area contributed by atoms with Crippen LogP contribution in [0, 0.1) is 0 Å². The van der Waals surface area contributed by atoms with Gasteiger partial charge in [-0.3, -0.25) is 14.7 Å². The number of hydrogen-bond acceptors (Lipinski definition) is 5.